The Morgan fingerprint density at radius 1 is 1.22 bits per heavy atom. The number of benzene rings is 1. The van der Waals surface area contributed by atoms with Crippen LogP contribution < -0.4 is 9.47 Å². The fraction of sp³-hybridized carbons (Fsp3) is 0.545. The van der Waals surface area contributed by atoms with Gasteiger partial charge in [-0.05, 0) is 49.8 Å². The first-order valence-electron chi connectivity index (χ1n) is 9.84. The van der Waals surface area contributed by atoms with Gasteiger partial charge in [-0.25, -0.2) is 0 Å². The SMILES string of the molecule is CCC(C)(C)C(=O)C(=O)N1CCCCC1CC=Cc1ccc2c(c1)OCO2. The van der Waals surface area contributed by atoms with E-state index >= 15 is 0 Å². The van der Waals surface area contributed by atoms with Crippen LogP contribution >= 0.6 is 0 Å². The monoisotopic (exact) mass is 371 g/mol. The van der Waals surface area contributed by atoms with E-state index in [9.17, 15) is 9.59 Å². The summed E-state index contributed by atoms with van der Waals surface area (Å²) in [6, 6.07) is 5.94. The summed E-state index contributed by atoms with van der Waals surface area (Å²) in [4.78, 5) is 27.2. The minimum absolute atomic E-state index is 0.0908. The molecule has 3 rings (SSSR count). The molecular formula is C22H29NO4. The van der Waals surface area contributed by atoms with E-state index in [1.165, 1.54) is 0 Å². The maximum Gasteiger partial charge on any atom is 0.290 e. The van der Waals surface area contributed by atoms with Crippen molar-refractivity contribution >= 4 is 17.8 Å². The molecule has 1 atom stereocenters. The topological polar surface area (TPSA) is 55.8 Å². The number of piperidine rings is 1. The Kier molecular flexibility index (Phi) is 5.88. The fourth-order valence-electron chi connectivity index (χ4n) is 3.47. The maximum atomic E-state index is 12.8. The van der Waals surface area contributed by atoms with E-state index in [0.29, 0.717) is 13.0 Å². The van der Waals surface area contributed by atoms with Crippen molar-refractivity contribution in [3.05, 3.63) is 29.8 Å². The highest BCUT2D eigenvalue weighted by Gasteiger charge is 2.37. The minimum atomic E-state index is -0.596. The summed E-state index contributed by atoms with van der Waals surface area (Å²) < 4.78 is 10.7. The van der Waals surface area contributed by atoms with Crippen molar-refractivity contribution in [2.45, 2.75) is 58.9 Å². The van der Waals surface area contributed by atoms with Crippen LogP contribution in [0.2, 0.25) is 0 Å². The number of fused-ring (bicyclic) bond motifs is 1. The smallest absolute Gasteiger partial charge is 0.290 e. The molecule has 0 saturated carbocycles. The molecule has 0 radical (unpaired) electrons. The second-order valence-corrected chi connectivity index (χ2v) is 7.97. The van der Waals surface area contributed by atoms with Gasteiger partial charge in [0.25, 0.3) is 5.91 Å². The molecule has 1 saturated heterocycles. The summed E-state index contributed by atoms with van der Waals surface area (Å²) in [6.07, 6.45) is 8.54. The number of nitrogens with zero attached hydrogens (tertiary/aromatic N) is 1. The van der Waals surface area contributed by atoms with Crippen molar-refractivity contribution in [2.24, 2.45) is 5.41 Å². The molecule has 0 N–H and O–H groups in total. The van der Waals surface area contributed by atoms with E-state index in [1.807, 2.05) is 45.0 Å². The molecule has 2 heterocycles. The van der Waals surface area contributed by atoms with Gasteiger partial charge in [0.15, 0.2) is 11.5 Å². The number of carbonyl (C=O) groups excluding carboxylic acids is 2. The normalized spacial score (nSPS) is 19.5. The van der Waals surface area contributed by atoms with E-state index in [1.54, 1.807) is 4.90 Å². The lowest BCUT2D eigenvalue weighted by Gasteiger charge is -2.36. The van der Waals surface area contributed by atoms with Crippen molar-refractivity contribution in [1.29, 1.82) is 0 Å². The van der Waals surface area contributed by atoms with Crippen LogP contribution in [-0.2, 0) is 9.59 Å². The Morgan fingerprint density at radius 3 is 2.78 bits per heavy atom. The van der Waals surface area contributed by atoms with E-state index in [4.69, 9.17) is 9.47 Å². The lowest BCUT2D eigenvalue weighted by molar-refractivity contribution is -0.151. The molecular weight excluding hydrogens is 342 g/mol. The van der Waals surface area contributed by atoms with Crippen LogP contribution in [0.15, 0.2) is 24.3 Å². The predicted molar refractivity (Wildman–Crippen MR) is 105 cm³/mol. The molecule has 1 amide bonds. The molecule has 1 aromatic carbocycles. The lowest BCUT2D eigenvalue weighted by atomic mass is 9.84. The fourth-order valence-corrected chi connectivity index (χ4v) is 3.47. The van der Waals surface area contributed by atoms with Gasteiger partial charge < -0.3 is 14.4 Å². The standard InChI is InChI=1S/C22H29NO4/c1-4-22(2,3)20(24)21(25)23-13-6-5-9-17(23)10-7-8-16-11-12-18-19(14-16)27-15-26-18/h7-8,11-12,14,17H,4-6,9-10,13,15H2,1-3H3. The van der Waals surface area contributed by atoms with Crippen LogP contribution in [0.25, 0.3) is 6.08 Å². The molecule has 0 bridgehead atoms. The molecule has 0 aliphatic carbocycles. The molecule has 1 aromatic rings. The van der Waals surface area contributed by atoms with E-state index in [2.05, 4.69) is 6.08 Å². The third-order valence-corrected chi connectivity index (χ3v) is 5.70. The van der Waals surface area contributed by atoms with Crippen LogP contribution in [0, 0.1) is 5.41 Å². The van der Waals surface area contributed by atoms with Crippen LogP contribution in [0.4, 0.5) is 0 Å². The first kappa shape index (κ1) is 19.5. The van der Waals surface area contributed by atoms with Crippen LogP contribution in [-0.4, -0.2) is 36.0 Å². The summed E-state index contributed by atoms with van der Waals surface area (Å²) in [5.74, 6) is 0.951. The Labute approximate surface area is 161 Å². The van der Waals surface area contributed by atoms with E-state index in [-0.39, 0.29) is 24.5 Å². The lowest BCUT2D eigenvalue weighted by Crippen LogP contribution is -2.49. The highest BCUT2D eigenvalue weighted by Crippen LogP contribution is 2.33. The molecule has 1 fully saturated rings. The Balaban J connectivity index is 1.65. The molecule has 5 nitrogen and oxygen atoms in total. The molecule has 2 aliphatic heterocycles. The third kappa shape index (κ3) is 4.34. The first-order chi connectivity index (χ1) is 12.9. The maximum absolute atomic E-state index is 12.8. The number of rotatable bonds is 6. The van der Waals surface area contributed by atoms with Crippen molar-refractivity contribution in [2.75, 3.05) is 13.3 Å². The molecule has 5 heteroatoms. The Bertz CT molecular complexity index is 738. The van der Waals surface area contributed by atoms with Gasteiger partial charge in [-0.1, -0.05) is 39.0 Å². The highest BCUT2D eigenvalue weighted by atomic mass is 16.7. The number of amides is 1. The second kappa shape index (κ2) is 8.15. The zero-order chi connectivity index (χ0) is 19.4. The van der Waals surface area contributed by atoms with E-state index in [0.717, 1.165) is 42.7 Å². The average Bonchev–Trinajstić information content (AvgIpc) is 3.15. The molecule has 27 heavy (non-hydrogen) atoms. The van der Waals surface area contributed by atoms with Crippen LogP contribution in [0.5, 0.6) is 11.5 Å². The van der Waals surface area contributed by atoms with Crippen LogP contribution in [0.3, 0.4) is 0 Å². The minimum Gasteiger partial charge on any atom is -0.454 e. The van der Waals surface area contributed by atoms with Gasteiger partial charge in [-0.3, -0.25) is 9.59 Å². The zero-order valence-corrected chi connectivity index (χ0v) is 16.5. The Hall–Kier alpha value is -2.30. The van der Waals surface area contributed by atoms with Gasteiger partial charge in [0, 0.05) is 18.0 Å². The van der Waals surface area contributed by atoms with E-state index < -0.39 is 5.41 Å². The summed E-state index contributed by atoms with van der Waals surface area (Å²) in [6.45, 7) is 6.60. The second-order valence-electron chi connectivity index (χ2n) is 7.97. The molecule has 1 unspecified atom stereocenters. The zero-order valence-electron chi connectivity index (χ0n) is 16.5. The van der Waals surface area contributed by atoms with Crippen molar-refractivity contribution in [3.8, 4) is 11.5 Å². The van der Waals surface area contributed by atoms with Gasteiger partial charge in [-0.2, -0.15) is 0 Å². The number of ketones is 1. The summed E-state index contributed by atoms with van der Waals surface area (Å²) in [5, 5.41) is 0. The van der Waals surface area contributed by atoms with Crippen molar-refractivity contribution < 1.29 is 19.1 Å². The number of ether oxygens (including phenoxy) is 2. The average molecular weight is 371 g/mol. The number of Topliss-reactive ketones (excluding diaryl/α,β-unsaturated/α-hetero) is 1. The molecule has 2 aliphatic rings. The molecule has 0 aromatic heterocycles. The number of hydrogen-bond acceptors (Lipinski definition) is 4. The Morgan fingerprint density at radius 2 is 2.00 bits per heavy atom. The van der Waals surface area contributed by atoms with Gasteiger partial charge in [-0.15, -0.1) is 0 Å². The van der Waals surface area contributed by atoms with Gasteiger partial charge >= 0.3 is 0 Å². The van der Waals surface area contributed by atoms with Gasteiger partial charge in [0.2, 0.25) is 12.6 Å². The summed E-state index contributed by atoms with van der Waals surface area (Å²) >= 11 is 0. The van der Waals surface area contributed by atoms with Crippen molar-refractivity contribution in [1.82, 2.24) is 4.90 Å². The van der Waals surface area contributed by atoms with Gasteiger partial charge in [0.1, 0.15) is 0 Å². The third-order valence-electron chi connectivity index (χ3n) is 5.70. The largest absolute Gasteiger partial charge is 0.454 e. The van der Waals surface area contributed by atoms with Gasteiger partial charge in [0.05, 0.1) is 0 Å². The number of hydrogen-bond donors (Lipinski definition) is 0. The first-order valence-corrected chi connectivity index (χ1v) is 9.84. The number of likely N-dealkylation sites (tertiary alicyclic amines) is 1. The van der Waals surface area contributed by atoms with Crippen LogP contribution in [0.1, 0.15) is 58.4 Å². The quantitative estimate of drug-likeness (QED) is 0.703. The predicted octanol–water partition coefficient (Wildman–Crippen LogP) is 4.21. The summed E-state index contributed by atoms with van der Waals surface area (Å²) in [7, 11) is 0. The summed E-state index contributed by atoms with van der Waals surface area (Å²) in [5.41, 5.74) is 0.442. The molecule has 0 spiro atoms. The highest BCUT2D eigenvalue weighted by molar-refractivity contribution is 6.38. The molecule has 146 valence electrons. The van der Waals surface area contributed by atoms with Crippen molar-refractivity contribution in [3.63, 3.8) is 0 Å². The number of carbonyl (C=O) groups is 2.